The molecule has 1 N–H and O–H groups in total. The van der Waals surface area contributed by atoms with Crippen LogP contribution in [0.3, 0.4) is 0 Å². The summed E-state index contributed by atoms with van der Waals surface area (Å²) >= 11 is 0. The molecular formula is C17H16N2O2. The van der Waals surface area contributed by atoms with Gasteiger partial charge in [-0.05, 0) is 61.4 Å². The van der Waals surface area contributed by atoms with E-state index in [0.717, 1.165) is 16.8 Å². The number of aryl methyl sites for hydroxylation is 2. The largest absolute Gasteiger partial charge is 0.484 e. The topological polar surface area (TPSA) is 62.1 Å². The standard InChI is InChI=1S/C17H16N2O2/c1-12-7-13(2)9-15(8-12)19-17(20)11-21-16-5-3-14(10-18)4-6-16/h3-9H,11H2,1-2H3,(H,19,20). The molecule has 0 heterocycles. The average Bonchev–Trinajstić information content (AvgIpc) is 2.44. The summed E-state index contributed by atoms with van der Waals surface area (Å²) in [4.78, 5) is 11.8. The second kappa shape index (κ2) is 6.58. The lowest BCUT2D eigenvalue weighted by Gasteiger charge is -2.09. The highest BCUT2D eigenvalue weighted by Gasteiger charge is 2.05. The summed E-state index contributed by atoms with van der Waals surface area (Å²) in [7, 11) is 0. The Morgan fingerprint density at radius 1 is 1.14 bits per heavy atom. The average molecular weight is 280 g/mol. The lowest BCUT2D eigenvalue weighted by atomic mass is 10.1. The normalized spacial score (nSPS) is 9.76. The fourth-order valence-electron chi connectivity index (χ4n) is 2.02. The van der Waals surface area contributed by atoms with E-state index < -0.39 is 0 Å². The van der Waals surface area contributed by atoms with Gasteiger partial charge in [-0.25, -0.2) is 0 Å². The second-order valence-corrected chi connectivity index (χ2v) is 4.85. The van der Waals surface area contributed by atoms with Gasteiger partial charge in [0.25, 0.3) is 5.91 Å². The third-order valence-corrected chi connectivity index (χ3v) is 2.86. The molecule has 0 aliphatic carbocycles. The minimum atomic E-state index is -0.218. The number of ether oxygens (including phenoxy) is 1. The van der Waals surface area contributed by atoms with E-state index in [4.69, 9.17) is 10.00 Å². The van der Waals surface area contributed by atoms with Crippen LogP contribution in [-0.4, -0.2) is 12.5 Å². The molecule has 0 unspecified atom stereocenters. The van der Waals surface area contributed by atoms with Crippen LogP contribution in [0.25, 0.3) is 0 Å². The molecule has 1 amide bonds. The van der Waals surface area contributed by atoms with Crippen molar-refractivity contribution in [3.63, 3.8) is 0 Å². The maximum Gasteiger partial charge on any atom is 0.262 e. The van der Waals surface area contributed by atoms with Gasteiger partial charge in [-0.3, -0.25) is 4.79 Å². The molecule has 0 aliphatic rings. The molecule has 0 aromatic heterocycles. The summed E-state index contributed by atoms with van der Waals surface area (Å²) in [5.41, 5.74) is 3.51. The predicted molar refractivity (Wildman–Crippen MR) is 81.2 cm³/mol. The molecule has 0 bridgehead atoms. The van der Waals surface area contributed by atoms with Crippen LogP contribution in [0.4, 0.5) is 5.69 Å². The van der Waals surface area contributed by atoms with Crippen LogP contribution in [0.1, 0.15) is 16.7 Å². The van der Waals surface area contributed by atoms with E-state index in [-0.39, 0.29) is 12.5 Å². The van der Waals surface area contributed by atoms with Gasteiger partial charge in [0.15, 0.2) is 6.61 Å². The quantitative estimate of drug-likeness (QED) is 0.935. The number of hydrogen-bond donors (Lipinski definition) is 1. The molecule has 21 heavy (non-hydrogen) atoms. The zero-order valence-corrected chi connectivity index (χ0v) is 12.0. The van der Waals surface area contributed by atoms with E-state index in [1.54, 1.807) is 24.3 Å². The summed E-state index contributed by atoms with van der Waals surface area (Å²) < 4.78 is 5.38. The van der Waals surface area contributed by atoms with Crippen LogP contribution in [-0.2, 0) is 4.79 Å². The third-order valence-electron chi connectivity index (χ3n) is 2.86. The highest BCUT2D eigenvalue weighted by Crippen LogP contribution is 2.14. The smallest absolute Gasteiger partial charge is 0.262 e. The number of carbonyl (C=O) groups is 1. The van der Waals surface area contributed by atoms with Crippen molar-refractivity contribution in [2.75, 3.05) is 11.9 Å². The van der Waals surface area contributed by atoms with Crippen molar-refractivity contribution >= 4 is 11.6 Å². The Morgan fingerprint density at radius 2 is 1.76 bits per heavy atom. The molecule has 2 rings (SSSR count). The first kappa shape index (κ1) is 14.6. The summed E-state index contributed by atoms with van der Waals surface area (Å²) in [5.74, 6) is 0.342. The molecule has 0 spiro atoms. The Balaban J connectivity index is 1.91. The number of benzene rings is 2. The first-order valence-corrected chi connectivity index (χ1v) is 6.58. The minimum Gasteiger partial charge on any atom is -0.484 e. The fraction of sp³-hybridized carbons (Fsp3) is 0.176. The Labute approximate surface area is 124 Å². The zero-order chi connectivity index (χ0) is 15.2. The van der Waals surface area contributed by atoms with Crippen LogP contribution >= 0.6 is 0 Å². The van der Waals surface area contributed by atoms with E-state index in [9.17, 15) is 4.79 Å². The summed E-state index contributed by atoms with van der Waals surface area (Å²) in [6, 6.07) is 14.5. The maximum absolute atomic E-state index is 11.8. The van der Waals surface area contributed by atoms with Gasteiger partial charge >= 0.3 is 0 Å². The summed E-state index contributed by atoms with van der Waals surface area (Å²) in [5, 5.41) is 11.5. The minimum absolute atomic E-state index is 0.0705. The molecule has 0 radical (unpaired) electrons. The van der Waals surface area contributed by atoms with Crippen LogP contribution in [0.15, 0.2) is 42.5 Å². The van der Waals surface area contributed by atoms with Crippen LogP contribution in [0.5, 0.6) is 5.75 Å². The van der Waals surface area contributed by atoms with Gasteiger partial charge < -0.3 is 10.1 Å². The van der Waals surface area contributed by atoms with Gasteiger partial charge in [0.1, 0.15) is 5.75 Å². The number of hydrogen-bond acceptors (Lipinski definition) is 3. The molecule has 2 aromatic carbocycles. The Bertz CT molecular complexity index is 665. The molecular weight excluding hydrogens is 264 g/mol. The molecule has 0 aliphatic heterocycles. The molecule has 4 heteroatoms. The van der Waals surface area contributed by atoms with Gasteiger partial charge in [0.05, 0.1) is 11.6 Å². The molecule has 2 aromatic rings. The predicted octanol–water partition coefficient (Wildman–Crippen LogP) is 3.19. The van der Waals surface area contributed by atoms with Gasteiger partial charge in [0, 0.05) is 5.69 Å². The van der Waals surface area contributed by atoms with Crippen LogP contribution in [0.2, 0.25) is 0 Å². The molecule has 4 nitrogen and oxygen atoms in total. The molecule has 106 valence electrons. The number of amides is 1. The van der Waals surface area contributed by atoms with Gasteiger partial charge in [-0.2, -0.15) is 5.26 Å². The molecule has 0 saturated heterocycles. The highest BCUT2D eigenvalue weighted by atomic mass is 16.5. The molecule has 0 saturated carbocycles. The number of nitriles is 1. The van der Waals surface area contributed by atoms with Crippen LogP contribution in [0, 0.1) is 25.2 Å². The van der Waals surface area contributed by atoms with Gasteiger partial charge in [-0.1, -0.05) is 6.07 Å². The lowest BCUT2D eigenvalue weighted by Crippen LogP contribution is -2.20. The number of carbonyl (C=O) groups excluding carboxylic acids is 1. The van der Waals surface area contributed by atoms with E-state index in [1.165, 1.54) is 0 Å². The number of nitrogens with one attached hydrogen (secondary N) is 1. The third kappa shape index (κ3) is 4.36. The van der Waals surface area contributed by atoms with Crippen molar-refractivity contribution < 1.29 is 9.53 Å². The molecule has 0 atom stereocenters. The Hall–Kier alpha value is -2.80. The van der Waals surface area contributed by atoms with Crippen molar-refractivity contribution in [2.24, 2.45) is 0 Å². The first-order valence-electron chi connectivity index (χ1n) is 6.58. The maximum atomic E-state index is 11.8. The van der Waals surface area contributed by atoms with Crippen molar-refractivity contribution in [3.05, 3.63) is 59.2 Å². The van der Waals surface area contributed by atoms with E-state index in [0.29, 0.717) is 11.3 Å². The van der Waals surface area contributed by atoms with Crippen molar-refractivity contribution in [3.8, 4) is 11.8 Å². The van der Waals surface area contributed by atoms with E-state index >= 15 is 0 Å². The fourth-order valence-corrected chi connectivity index (χ4v) is 2.02. The highest BCUT2D eigenvalue weighted by molar-refractivity contribution is 5.92. The van der Waals surface area contributed by atoms with Gasteiger partial charge in [-0.15, -0.1) is 0 Å². The Morgan fingerprint density at radius 3 is 2.33 bits per heavy atom. The van der Waals surface area contributed by atoms with Crippen LogP contribution < -0.4 is 10.1 Å². The molecule has 0 fully saturated rings. The zero-order valence-electron chi connectivity index (χ0n) is 12.0. The summed E-state index contributed by atoms with van der Waals surface area (Å²) in [6.45, 7) is 3.89. The first-order chi connectivity index (χ1) is 10.1. The van der Waals surface area contributed by atoms with Crippen molar-refractivity contribution in [2.45, 2.75) is 13.8 Å². The monoisotopic (exact) mass is 280 g/mol. The van der Waals surface area contributed by atoms with Crippen molar-refractivity contribution in [1.82, 2.24) is 0 Å². The summed E-state index contributed by atoms with van der Waals surface area (Å²) in [6.07, 6.45) is 0. The Kier molecular flexibility index (Phi) is 4.57. The number of nitrogens with zero attached hydrogens (tertiary/aromatic N) is 1. The van der Waals surface area contributed by atoms with Gasteiger partial charge in [0.2, 0.25) is 0 Å². The SMILES string of the molecule is Cc1cc(C)cc(NC(=O)COc2ccc(C#N)cc2)c1. The second-order valence-electron chi connectivity index (χ2n) is 4.85. The van der Waals surface area contributed by atoms with Crippen molar-refractivity contribution in [1.29, 1.82) is 5.26 Å². The number of rotatable bonds is 4. The lowest BCUT2D eigenvalue weighted by molar-refractivity contribution is -0.118. The van der Waals surface area contributed by atoms with E-state index in [1.807, 2.05) is 38.1 Å². The van der Waals surface area contributed by atoms with E-state index in [2.05, 4.69) is 5.32 Å². The number of anilines is 1.